The molecule has 1 rings (SSSR count). The van der Waals surface area contributed by atoms with Crippen LogP contribution in [0.3, 0.4) is 0 Å². The number of methoxy groups -OCH3 is 1. The zero-order valence-electron chi connectivity index (χ0n) is 12.7. The summed E-state index contributed by atoms with van der Waals surface area (Å²) in [5.74, 6) is 1.58. The van der Waals surface area contributed by atoms with E-state index in [-0.39, 0.29) is 5.91 Å². The quantitative estimate of drug-likeness (QED) is 0.546. The number of carbonyl (C=O) groups excluding carboxylic acids is 1. The van der Waals surface area contributed by atoms with E-state index in [0.29, 0.717) is 23.3 Å². The summed E-state index contributed by atoms with van der Waals surface area (Å²) in [6.45, 7) is 3.19. The molecule has 0 saturated carbocycles. The number of hydrogen-bond donors (Lipinski definition) is 1. The number of amides is 1. The molecule has 0 bridgehead atoms. The first kappa shape index (κ1) is 17.1. The van der Waals surface area contributed by atoms with E-state index >= 15 is 0 Å². The number of nitrogens with one attached hydrogen (secondary N) is 1. The molecule has 0 aliphatic carbocycles. The molecule has 114 valence electrons. The molecule has 0 atom stereocenters. The monoisotopic (exact) mass is 393 g/mol. The number of benzene rings is 1. The Hall–Kier alpha value is -0.980. The van der Waals surface area contributed by atoms with Gasteiger partial charge in [0.05, 0.1) is 0 Å². The van der Waals surface area contributed by atoms with Crippen molar-refractivity contribution in [3.05, 3.63) is 23.8 Å². The third-order valence-electron chi connectivity index (χ3n) is 2.60. The molecule has 0 heterocycles. The van der Waals surface area contributed by atoms with E-state index in [1.807, 2.05) is 18.2 Å². The molecule has 0 aliphatic rings. The van der Waals surface area contributed by atoms with Gasteiger partial charge in [0.2, 0.25) is 0 Å². The van der Waals surface area contributed by atoms with E-state index in [1.165, 1.54) is 0 Å². The van der Waals surface area contributed by atoms with E-state index in [9.17, 15) is 4.79 Å². The van der Waals surface area contributed by atoms with Gasteiger partial charge in [0.25, 0.3) is 0 Å². The van der Waals surface area contributed by atoms with Crippen molar-refractivity contribution < 1.29 is 14.3 Å². The normalized spacial score (nSPS) is 10.9. The van der Waals surface area contributed by atoms with Crippen LogP contribution in [0.25, 0.3) is 0 Å². The third-order valence-corrected chi connectivity index (χ3v) is 4.81. The van der Waals surface area contributed by atoms with Gasteiger partial charge in [0, 0.05) is 0 Å². The van der Waals surface area contributed by atoms with Crippen molar-refractivity contribution in [1.29, 1.82) is 0 Å². The summed E-state index contributed by atoms with van der Waals surface area (Å²) < 4.78 is 11.8. The van der Waals surface area contributed by atoms with Gasteiger partial charge in [-0.05, 0) is 0 Å². The Labute approximate surface area is 128 Å². The van der Waals surface area contributed by atoms with Crippen LogP contribution in [-0.2, 0) is 11.3 Å². The molecule has 0 saturated heterocycles. The number of ether oxygens (including phenoxy) is 2. The van der Waals surface area contributed by atoms with Crippen LogP contribution in [0.1, 0.15) is 18.9 Å². The van der Waals surface area contributed by atoms with Crippen LogP contribution in [0.15, 0.2) is 18.2 Å². The molecule has 1 N–H and O–H groups in total. The second-order valence-corrected chi connectivity index (χ2v) is 10.6. The van der Waals surface area contributed by atoms with E-state index < -0.39 is 19.8 Å². The second-order valence-electron chi connectivity index (χ2n) is 4.62. The van der Waals surface area contributed by atoms with Crippen molar-refractivity contribution >= 4 is 25.7 Å². The van der Waals surface area contributed by atoms with Crippen molar-refractivity contribution in [1.82, 2.24) is 5.32 Å². The van der Waals surface area contributed by atoms with Gasteiger partial charge in [-0.15, -0.1) is 0 Å². The maximum absolute atomic E-state index is 11.8. The third kappa shape index (κ3) is 5.56. The molecule has 0 fully saturated rings. The molecule has 5 heteroatoms. The summed E-state index contributed by atoms with van der Waals surface area (Å²) in [5.41, 5.74) is 0.957. The summed E-state index contributed by atoms with van der Waals surface area (Å²) in [7, 11) is 1.63. The Kier molecular flexibility index (Phi) is 7.72. The molecular formula is C15H24INO3. The van der Waals surface area contributed by atoms with Crippen molar-refractivity contribution in [3.63, 3.8) is 0 Å². The Morgan fingerprint density at radius 2 is 2.10 bits per heavy atom. The van der Waals surface area contributed by atoms with Gasteiger partial charge >= 0.3 is 128 Å². The zero-order chi connectivity index (χ0) is 15.0. The number of halogens is 1. The SMILES string of the molecule is CCCOc1c(CNC(=O)CI(C)C)cccc1OC. The molecule has 1 aromatic rings. The van der Waals surface area contributed by atoms with Crippen LogP contribution < -0.4 is 14.8 Å². The van der Waals surface area contributed by atoms with Gasteiger partial charge in [0.15, 0.2) is 0 Å². The van der Waals surface area contributed by atoms with Crippen LogP contribution in [0.2, 0.25) is 0 Å². The van der Waals surface area contributed by atoms with Crippen LogP contribution >= 0.6 is 19.8 Å². The fourth-order valence-electron chi connectivity index (χ4n) is 1.71. The average Bonchev–Trinajstić information content (AvgIpc) is 2.42. The van der Waals surface area contributed by atoms with Crippen molar-refractivity contribution in [3.8, 4) is 11.5 Å². The maximum atomic E-state index is 11.8. The summed E-state index contributed by atoms with van der Waals surface area (Å²) in [6, 6.07) is 5.75. The number of alkyl halides is 3. The van der Waals surface area contributed by atoms with Gasteiger partial charge in [-0.25, -0.2) is 0 Å². The minimum atomic E-state index is -1.03. The van der Waals surface area contributed by atoms with Crippen LogP contribution in [0.4, 0.5) is 0 Å². The molecule has 0 radical (unpaired) electrons. The molecule has 20 heavy (non-hydrogen) atoms. The number of rotatable bonds is 8. The zero-order valence-corrected chi connectivity index (χ0v) is 14.8. The van der Waals surface area contributed by atoms with Crippen LogP contribution in [-0.4, -0.2) is 33.9 Å². The molecule has 1 aromatic carbocycles. The van der Waals surface area contributed by atoms with Crippen LogP contribution in [0, 0.1) is 0 Å². The van der Waals surface area contributed by atoms with E-state index in [4.69, 9.17) is 9.47 Å². The minimum absolute atomic E-state index is 0.129. The van der Waals surface area contributed by atoms with Gasteiger partial charge < -0.3 is 0 Å². The van der Waals surface area contributed by atoms with E-state index in [2.05, 4.69) is 22.1 Å². The molecule has 1 amide bonds. The second kappa shape index (κ2) is 9.05. The van der Waals surface area contributed by atoms with Gasteiger partial charge in [-0.1, -0.05) is 0 Å². The number of hydrogen-bond acceptors (Lipinski definition) is 3. The fourth-order valence-corrected chi connectivity index (χ4v) is 3.37. The molecule has 0 unspecified atom stereocenters. The van der Waals surface area contributed by atoms with Gasteiger partial charge in [0.1, 0.15) is 0 Å². The Balaban J connectivity index is 2.75. The molecule has 0 aliphatic heterocycles. The fraction of sp³-hybridized carbons (Fsp3) is 0.533. The first-order valence-electron chi connectivity index (χ1n) is 6.59. The number of carbonyl (C=O) groups is 1. The first-order chi connectivity index (χ1) is 9.58. The standard InChI is InChI=1S/C15H24INO3/c1-5-9-20-15-12(7-6-8-13(15)19-4)11-17-14(18)10-16(2)3/h6-8H,5,9-11H2,1-4H3,(H,17,18). The van der Waals surface area contributed by atoms with Crippen molar-refractivity contribution in [2.24, 2.45) is 0 Å². The Morgan fingerprint density at radius 3 is 2.70 bits per heavy atom. The summed E-state index contributed by atoms with van der Waals surface area (Å²) in [4.78, 5) is 16.1. The molecule has 0 aromatic heterocycles. The van der Waals surface area contributed by atoms with Crippen molar-refractivity contribution in [2.75, 3.05) is 28.0 Å². The molecule has 0 spiro atoms. The Morgan fingerprint density at radius 1 is 1.35 bits per heavy atom. The van der Waals surface area contributed by atoms with Crippen molar-refractivity contribution in [2.45, 2.75) is 19.9 Å². The molecule has 4 nitrogen and oxygen atoms in total. The predicted octanol–water partition coefficient (Wildman–Crippen LogP) is 2.87. The molecular weight excluding hydrogens is 369 g/mol. The summed E-state index contributed by atoms with van der Waals surface area (Å²) in [6.07, 6.45) is 0.934. The van der Waals surface area contributed by atoms with Gasteiger partial charge in [-0.2, -0.15) is 0 Å². The van der Waals surface area contributed by atoms with E-state index in [1.54, 1.807) is 7.11 Å². The Bertz CT molecular complexity index is 435. The number of para-hydroxylation sites is 1. The topological polar surface area (TPSA) is 47.6 Å². The summed E-state index contributed by atoms with van der Waals surface area (Å²) in [5, 5.41) is 2.96. The summed E-state index contributed by atoms with van der Waals surface area (Å²) >= 11 is -1.03. The first-order valence-corrected chi connectivity index (χ1v) is 12.4. The predicted molar refractivity (Wildman–Crippen MR) is 91.4 cm³/mol. The van der Waals surface area contributed by atoms with Gasteiger partial charge in [-0.3, -0.25) is 0 Å². The van der Waals surface area contributed by atoms with E-state index in [0.717, 1.165) is 17.7 Å². The van der Waals surface area contributed by atoms with Crippen LogP contribution in [0.5, 0.6) is 11.5 Å². The average molecular weight is 393 g/mol.